The van der Waals surface area contributed by atoms with E-state index in [9.17, 15) is 9.59 Å². The number of nitrogens with one attached hydrogen (secondary N) is 1. The van der Waals surface area contributed by atoms with E-state index in [0.717, 1.165) is 27.5 Å². The van der Waals surface area contributed by atoms with Gasteiger partial charge in [-0.25, -0.2) is 9.48 Å². The lowest BCUT2D eigenvalue weighted by atomic mass is 10.2. The van der Waals surface area contributed by atoms with Crippen LogP contribution < -0.4 is 11.0 Å². The van der Waals surface area contributed by atoms with E-state index in [1.165, 1.54) is 4.57 Å². The third-order valence-electron chi connectivity index (χ3n) is 4.90. The fraction of sp³-hybridized carbons (Fsp3) is 0.227. The number of nitrogens with zero attached hydrogens (tertiary/aromatic N) is 4. The fourth-order valence-corrected chi connectivity index (χ4v) is 3.78. The molecule has 0 unspecified atom stereocenters. The summed E-state index contributed by atoms with van der Waals surface area (Å²) in [6.45, 7) is 3.12. The molecule has 7 nitrogen and oxygen atoms in total. The molecular formula is C22H22BrN5O2. The van der Waals surface area contributed by atoms with Crippen molar-refractivity contribution in [1.82, 2.24) is 18.9 Å². The van der Waals surface area contributed by atoms with Crippen LogP contribution in [0.2, 0.25) is 0 Å². The number of carbonyl (C=O) groups is 1. The number of imidazole rings is 1. The van der Waals surface area contributed by atoms with Crippen LogP contribution in [0.5, 0.6) is 0 Å². The second-order valence-electron chi connectivity index (χ2n) is 7.06. The molecule has 0 atom stereocenters. The number of aromatic nitrogens is 4. The van der Waals surface area contributed by atoms with Crippen LogP contribution in [0.15, 0.2) is 70.1 Å². The normalized spacial score (nSPS) is 11.1. The zero-order valence-electron chi connectivity index (χ0n) is 16.6. The zero-order chi connectivity index (χ0) is 21.1. The van der Waals surface area contributed by atoms with Gasteiger partial charge in [0.1, 0.15) is 12.4 Å². The number of para-hydroxylation sites is 2. The summed E-state index contributed by atoms with van der Waals surface area (Å²) in [4.78, 5) is 25.6. The maximum Gasteiger partial charge on any atom is 0.329 e. The van der Waals surface area contributed by atoms with E-state index >= 15 is 0 Å². The van der Waals surface area contributed by atoms with Gasteiger partial charge in [0.15, 0.2) is 0 Å². The average Bonchev–Trinajstić information content (AvgIpc) is 3.28. The molecule has 4 aromatic rings. The van der Waals surface area contributed by atoms with Gasteiger partial charge in [0.05, 0.1) is 23.8 Å². The molecule has 0 spiro atoms. The molecule has 0 saturated carbocycles. The smallest absolute Gasteiger partial charge is 0.309 e. The standard InChI is InChI=1S/C22H22BrN5O2/c1-2-13-26-18-5-3-4-6-19(18)27(22(26)30)15-21(29)25-20-11-12-24-28(20)14-16-7-9-17(23)10-8-16/h3-12H,2,13-15H2,1H3,(H,25,29). The lowest BCUT2D eigenvalue weighted by Gasteiger charge is -2.10. The number of halogens is 1. The molecular weight excluding hydrogens is 446 g/mol. The minimum absolute atomic E-state index is 0.0560. The number of carbonyl (C=O) groups excluding carboxylic acids is 1. The summed E-state index contributed by atoms with van der Waals surface area (Å²) in [6.07, 6.45) is 2.49. The van der Waals surface area contributed by atoms with E-state index in [1.807, 2.05) is 55.5 Å². The van der Waals surface area contributed by atoms with E-state index in [2.05, 4.69) is 26.3 Å². The van der Waals surface area contributed by atoms with Crippen molar-refractivity contribution in [3.8, 4) is 0 Å². The molecule has 0 aliphatic rings. The van der Waals surface area contributed by atoms with Crippen LogP contribution in [0, 0.1) is 0 Å². The summed E-state index contributed by atoms with van der Waals surface area (Å²) < 4.78 is 5.98. The molecule has 0 bridgehead atoms. The van der Waals surface area contributed by atoms with Gasteiger partial charge in [-0.15, -0.1) is 0 Å². The summed E-state index contributed by atoms with van der Waals surface area (Å²) in [5.74, 6) is 0.322. The number of rotatable bonds is 7. The van der Waals surface area contributed by atoms with Crippen LogP contribution in [0.25, 0.3) is 11.0 Å². The number of hydrogen-bond donors (Lipinski definition) is 1. The Morgan fingerprint density at radius 3 is 2.43 bits per heavy atom. The first-order chi connectivity index (χ1) is 14.6. The first-order valence-corrected chi connectivity index (χ1v) is 10.6. The number of benzene rings is 2. The molecule has 2 aromatic carbocycles. The maximum atomic E-state index is 12.9. The van der Waals surface area contributed by atoms with Gasteiger partial charge in [0, 0.05) is 17.1 Å². The van der Waals surface area contributed by atoms with Crippen LogP contribution >= 0.6 is 15.9 Å². The Balaban J connectivity index is 1.54. The van der Waals surface area contributed by atoms with Gasteiger partial charge in [-0.05, 0) is 36.2 Å². The van der Waals surface area contributed by atoms with E-state index in [-0.39, 0.29) is 18.1 Å². The highest BCUT2D eigenvalue weighted by Gasteiger charge is 2.16. The molecule has 8 heteroatoms. The van der Waals surface area contributed by atoms with Crippen molar-refractivity contribution >= 4 is 38.7 Å². The van der Waals surface area contributed by atoms with Crippen molar-refractivity contribution in [2.24, 2.45) is 0 Å². The SMILES string of the molecule is CCCn1c(=O)n(CC(=O)Nc2ccnn2Cc2ccc(Br)cc2)c2ccccc21. The highest BCUT2D eigenvalue weighted by atomic mass is 79.9. The van der Waals surface area contributed by atoms with Gasteiger partial charge >= 0.3 is 5.69 Å². The highest BCUT2D eigenvalue weighted by Crippen LogP contribution is 2.16. The molecule has 154 valence electrons. The molecule has 30 heavy (non-hydrogen) atoms. The summed E-state index contributed by atoms with van der Waals surface area (Å²) in [7, 11) is 0. The maximum absolute atomic E-state index is 12.9. The topological polar surface area (TPSA) is 73.8 Å². The molecule has 2 heterocycles. The number of aryl methyl sites for hydroxylation is 1. The molecule has 0 fully saturated rings. The number of fused-ring (bicyclic) bond motifs is 1. The third kappa shape index (κ3) is 4.09. The summed E-state index contributed by atoms with van der Waals surface area (Å²) in [5, 5.41) is 7.19. The first-order valence-electron chi connectivity index (χ1n) is 9.81. The second-order valence-corrected chi connectivity index (χ2v) is 7.97. The fourth-order valence-electron chi connectivity index (χ4n) is 3.52. The van der Waals surface area contributed by atoms with Gasteiger partial charge in [0.2, 0.25) is 5.91 Å². The quantitative estimate of drug-likeness (QED) is 0.448. The van der Waals surface area contributed by atoms with Crippen LogP contribution in [-0.4, -0.2) is 24.8 Å². The Labute approximate surface area is 182 Å². The first kappa shape index (κ1) is 20.2. The minimum atomic E-state index is -0.269. The zero-order valence-corrected chi connectivity index (χ0v) is 18.2. The summed E-state index contributed by atoms with van der Waals surface area (Å²) in [6, 6.07) is 17.2. The molecule has 2 aromatic heterocycles. The monoisotopic (exact) mass is 467 g/mol. The molecule has 0 saturated heterocycles. The molecule has 1 N–H and O–H groups in total. The van der Waals surface area contributed by atoms with Crippen molar-refractivity contribution in [1.29, 1.82) is 0 Å². The van der Waals surface area contributed by atoms with Crippen LogP contribution in [0.4, 0.5) is 5.82 Å². The van der Waals surface area contributed by atoms with E-state index < -0.39 is 0 Å². The lowest BCUT2D eigenvalue weighted by molar-refractivity contribution is -0.116. The Morgan fingerprint density at radius 1 is 1.03 bits per heavy atom. The second kappa shape index (κ2) is 8.71. The Hall–Kier alpha value is -3.13. The Kier molecular flexibility index (Phi) is 5.85. The average molecular weight is 468 g/mol. The van der Waals surface area contributed by atoms with Crippen LogP contribution in [-0.2, 0) is 24.4 Å². The molecule has 1 amide bonds. The summed E-state index contributed by atoms with van der Waals surface area (Å²) >= 11 is 3.43. The highest BCUT2D eigenvalue weighted by molar-refractivity contribution is 9.10. The number of amides is 1. The Bertz CT molecular complexity index is 1240. The van der Waals surface area contributed by atoms with Gasteiger partial charge in [-0.1, -0.05) is 47.1 Å². The van der Waals surface area contributed by atoms with Crippen molar-refractivity contribution < 1.29 is 4.79 Å². The predicted octanol–water partition coefficient (Wildman–Crippen LogP) is 3.86. The van der Waals surface area contributed by atoms with Crippen LogP contribution in [0.1, 0.15) is 18.9 Å². The van der Waals surface area contributed by atoms with Crippen molar-refractivity contribution in [2.75, 3.05) is 5.32 Å². The molecule has 0 aliphatic heterocycles. The molecule has 0 aliphatic carbocycles. The van der Waals surface area contributed by atoms with Crippen molar-refractivity contribution in [3.05, 3.63) is 81.3 Å². The van der Waals surface area contributed by atoms with Crippen molar-refractivity contribution in [3.63, 3.8) is 0 Å². The van der Waals surface area contributed by atoms with Gasteiger partial charge in [-0.2, -0.15) is 5.10 Å². The Morgan fingerprint density at radius 2 is 1.73 bits per heavy atom. The number of hydrogen-bond acceptors (Lipinski definition) is 3. The molecule has 0 radical (unpaired) electrons. The lowest BCUT2D eigenvalue weighted by Crippen LogP contribution is -2.30. The number of anilines is 1. The molecule has 4 rings (SSSR count). The van der Waals surface area contributed by atoms with Gasteiger partial charge < -0.3 is 5.32 Å². The minimum Gasteiger partial charge on any atom is -0.309 e. The van der Waals surface area contributed by atoms with Gasteiger partial charge in [0.25, 0.3) is 0 Å². The van der Waals surface area contributed by atoms with Crippen LogP contribution in [0.3, 0.4) is 0 Å². The largest absolute Gasteiger partial charge is 0.329 e. The predicted molar refractivity (Wildman–Crippen MR) is 121 cm³/mol. The van der Waals surface area contributed by atoms with E-state index in [1.54, 1.807) is 21.5 Å². The van der Waals surface area contributed by atoms with E-state index in [4.69, 9.17) is 0 Å². The van der Waals surface area contributed by atoms with Gasteiger partial charge in [-0.3, -0.25) is 13.9 Å². The van der Waals surface area contributed by atoms with E-state index in [0.29, 0.717) is 18.9 Å². The third-order valence-corrected chi connectivity index (χ3v) is 5.43. The summed E-state index contributed by atoms with van der Waals surface area (Å²) in [5.41, 5.74) is 2.50. The van der Waals surface area contributed by atoms with Crippen molar-refractivity contribution in [2.45, 2.75) is 33.0 Å².